The fourth-order valence-corrected chi connectivity index (χ4v) is 1.64. The van der Waals surface area contributed by atoms with E-state index in [1.165, 1.54) is 12.3 Å². The van der Waals surface area contributed by atoms with Crippen LogP contribution in [0.2, 0.25) is 5.02 Å². The molecule has 0 aliphatic rings. The Morgan fingerprint density at radius 3 is 2.65 bits per heavy atom. The first kappa shape index (κ1) is 11.4. The lowest BCUT2D eigenvalue weighted by molar-refractivity contribution is 0.0687. The van der Waals surface area contributed by atoms with E-state index < -0.39 is 5.97 Å². The zero-order chi connectivity index (χ0) is 12.4. The maximum Gasteiger partial charge on any atom is 0.571 e. The van der Waals surface area contributed by atoms with Crippen molar-refractivity contribution in [3.8, 4) is 16.9 Å². The van der Waals surface area contributed by atoms with E-state index in [2.05, 4.69) is 4.98 Å². The third-order valence-corrected chi connectivity index (χ3v) is 2.48. The predicted octanol–water partition coefficient (Wildman–Crippen LogP) is 1.97. The summed E-state index contributed by atoms with van der Waals surface area (Å²) in [4.78, 5) is 14.5. The smallest absolute Gasteiger partial charge is 0.560 e. The van der Waals surface area contributed by atoms with Crippen LogP contribution in [0.4, 0.5) is 0 Å². The lowest BCUT2D eigenvalue weighted by Crippen LogP contribution is -2.00. The third-order valence-electron chi connectivity index (χ3n) is 2.24. The molecule has 0 spiro atoms. The summed E-state index contributed by atoms with van der Waals surface area (Å²) in [5.74, 6) is -1.32. The molecule has 0 fully saturated rings. The van der Waals surface area contributed by atoms with Gasteiger partial charge in [0.25, 0.3) is 5.69 Å². The number of carbonyl (C=O) groups excluding carboxylic acids is 1. The van der Waals surface area contributed by atoms with Crippen LogP contribution in [0.1, 0.15) is 10.5 Å². The second-order valence-corrected chi connectivity index (χ2v) is 3.87. The topological polar surface area (TPSA) is 73.1 Å². The predicted molar refractivity (Wildman–Crippen MR) is 64.3 cm³/mol. The fraction of sp³-hybridized carbons (Fsp3) is 0. The minimum Gasteiger partial charge on any atom is -0.560 e. The molecule has 2 aromatic rings. The number of benzene rings is 1. The van der Waals surface area contributed by atoms with Crippen molar-refractivity contribution in [2.75, 3.05) is 0 Å². The fourth-order valence-electron chi connectivity index (χ4n) is 1.45. The first-order valence-electron chi connectivity index (χ1n) is 4.79. The second-order valence-electron chi connectivity index (χ2n) is 3.43. The SMILES string of the molecule is O=C([OH2+])c1ncc(-c2cccc(Cl)c2)cc1O. The summed E-state index contributed by atoms with van der Waals surface area (Å²) in [7, 11) is 0. The number of pyridine rings is 1. The van der Waals surface area contributed by atoms with E-state index in [1.807, 2.05) is 6.07 Å². The molecule has 0 aliphatic carbocycles. The van der Waals surface area contributed by atoms with Gasteiger partial charge in [0.2, 0.25) is 0 Å². The molecule has 5 heteroatoms. The van der Waals surface area contributed by atoms with Gasteiger partial charge in [0.15, 0.2) is 5.75 Å². The van der Waals surface area contributed by atoms with E-state index in [0.29, 0.717) is 10.6 Å². The number of nitrogens with zero attached hydrogens (tertiary/aromatic N) is 1. The molecule has 4 nitrogen and oxygen atoms in total. The lowest BCUT2D eigenvalue weighted by atomic mass is 10.1. The minimum atomic E-state index is -1.01. The van der Waals surface area contributed by atoms with Crippen LogP contribution in [0.25, 0.3) is 11.1 Å². The summed E-state index contributed by atoms with van der Waals surface area (Å²) in [6, 6.07) is 8.43. The van der Waals surface area contributed by atoms with Crippen molar-refractivity contribution in [2.24, 2.45) is 0 Å². The highest BCUT2D eigenvalue weighted by Crippen LogP contribution is 2.26. The van der Waals surface area contributed by atoms with Crippen molar-refractivity contribution in [3.05, 3.63) is 47.2 Å². The molecular weight excluding hydrogens is 242 g/mol. The summed E-state index contributed by atoms with van der Waals surface area (Å²) in [6.45, 7) is 0. The normalized spacial score (nSPS) is 10.2. The van der Waals surface area contributed by atoms with Crippen LogP contribution >= 0.6 is 11.6 Å². The highest BCUT2D eigenvalue weighted by atomic mass is 35.5. The van der Waals surface area contributed by atoms with Crippen molar-refractivity contribution >= 4 is 17.6 Å². The van der Waals surface area contributed by atoms with Gasteiger partial charge in [0.1, 0.15) is 0 Å². The molecule has 0 aliphatic heterocycles. The molecule has 0 radical (unpaired) electrons. The molecule has 3 N–H and O–H groups in total. The number of rotatable bonds is 2. The number of aromatic nitrogens is 1. The van der Waals surface area contributed by atoms with E-state index >= 15 is 0 Å². The van der Waals surface area contributed by atoms with Crippen LogP contribution in [-0.2, 0) is 0 Å². The van der Waals surface area contributed by atoms with Gasteiger partial charge in [0, 0.05) is 16.8 Å². The molecule has 1 aromatic heterocycles. The highest BCUT2D eigenvalue weighted by molar-refractivity contribution is 6.30. The van der Waals surface area contributed by atoms with E-state index in [9.17, 15) is 9.90 Å². The maximum atomic E-state index is 10.8. The standard InChI is InChI=1S/C12H8ClNO3/c13-9-3-1-2-7(4-9)8-5-10(15)11(12(16)17)14-6-8/h1-6,15H,(H,16,17)/p+1. The average Bonchev–Trinajstić information content (AvgIpc) is 2.28. The van der Waals surface area contributed by atoms with Crippen LogP contribution < -0.4 is 0 Å². The molecule has 0 atom stereocenters. The molecule has 1 aromatic carbocycles. The zero-order valence-electron chi connectivity index (χ0n) is 8.64. The molecule has 86 valence electrons. The molecule has 17 heavy (non-hydrogen) atoms. The molecular formula is C12H9ClNO3+. The number of hydrogen-bond donors (Lipinski definition) is 1. The Labute approximate surface area is 102 Å². The Bertz CT molecular complexity index is 584. The number of halogens is 1. The Balaban J connectivity index is 2.48. The van der Waals surface area contributed by atoms with Gasteiger partial charge >= 0.3 is 5.97 Å². The van der Waals surface area contributed by atoms with E-state index in [1.54, 1.807) is 18.2 Å². The van der Waals surface area contributed by atoms with Gasteiger partial charge in [-0.1, -0.05) is 23.7 Å². The molecule has 0 saturated heterocycles. The molecule has 0 unspecified atom stereocenters. The van der Waals surface area contributed by atoms with Crippen LogP contribution in [0.5, 0.6) is 5.75 Å². The maximum absolute atomic E-state index is 10.8. The Morgan fingerprint density at radius 1 is 1.29 bits per heavy atom. The zero-order valence-corrected chi connectivity index (χ0v) is 9.40. The van der Waals surface area contributed by atoms with Gasteiger partial charge in [-0.2, -0.15) is 0 Å². The van der Waals surface area contributed by atoms with Crippen molar-refractivity contribution in [1.82, 2.24) is 4.98 Å². The number of carbonyl (C=O) groups is 1. The van der Waals surface area contributed by atoms with E-state index in [0.717, 1.165) is 5.56 Å². The molecule has 0 saturated carbocycles. The van der Waals surface area contributed by atoms with E-state index in [-0.39, 0.29) is 11.4 Å². The summed E-state index contributed by atoms with van der Waals surface area (Å²) in [6.07, 6.45) is 1.42. The van der Waals surface area contributed by atoms with Crippen LogP contribution in [-0.4, -0.2) is 21.2 Å². The second kappa shape index (κ2) is 4.43. The average molecular weight is 251 g/mol. The molecule has 0 amide bonds. The lowest BCUT2D eigenvalue weighted by Gasteiger charge is -2.03. The van der Waals surface area contributed by atoms with Gasteiger partial charge in [-0.05, 0) is 23.8 Å². The van der Waals surface area contributed by atoms with Gasteiger partial charge in [-0.15, -0.1) is 0 Å². The molecule has 0 bridgehead atoms. The third kappa shape index (κ3) is 2.37. The quantitative estimate of drug-likeness (QED) is 0.828. The van der Waals surface area contributed by atoms with Gasteiger partial charge in [-0.25, -0.2) is 4.98 Å². The first-order chi connectivity index (χ1) is 8.08. The molecule has 2 rings (SSSR count). The first-order valence-corrected chi connectivity index (χ1v) is 5.16. The highest BCUT2D eigenvalue weighted by Gasteiger charge is 2.19. The Morgan fingerprint density at radius 2 is 2.06 bits per heavy atom. The van der Waals surface area contributed by atoms with Crippen molar-refractivity contribution < 1.29 is 15.0 Å². The number of hydrogen-bond acceptors (Lipinski definition) is 3. The van der Waals surface area contributed by atoms with Crippen molar-refractivity contribution in [1.29, 1.82) is 0 Å². The summed E-state index contributed by atoms with van der Waals surface area (Å²) in [5.41, 5.74) is 1.16. The summed E-state index contributed by atoms with van der Waals surface area (Å²) in [5, 5.41) is 17.0. The number of aromatic hydroxyl groups is 1. The summed E-state index contributed by atoms with van der Waals surface area (Å²) >= 11 is 5.85. The molecule has 1 heterocycles. The Kier molecular flexibility index (Phi) is 2.97. The van der Waals surface area contributed by atoms with Gasteiger partial charge in [-0.3, -0.25) is 0 Å². The van der Waals surface area contributed by atoms with Crippen LogP contribution in [0.15, 0.2) is 36.5 Å². The van der Waals surface area contributed by atoms with Crippen LogP contribution in [0, 0.1) is 0 Å². The summed E-state index contributed by atoms with van der Waals surface area (Å²) < 4.78 is 0. The van der Waals surface area contributed by atoms with E-state index in [4.69, 9.17) is 16.7 Å². The minimum absolute atomic E-state index is 0.254. The Hall–Kier alpha value is -2.07. The van der Waals surface area contributed by atoms with Crippen molar-refractivity contribution in [2.45, 2.75) is 0 Å². The van der Waals surface area contributed by atoms with Crippen LogP contribution in [0.3, 0.4) is 0 Å². The largest absolute Gasteiger partial charge is 0.571 e. The monoisotopic (exact) mass is 250 g/mol. The van der Waals surface area contributed by atoms with Gasteiger partial charge < -0.3 is 10.2 Å². The van der Waals surface area contributed by atoms with Gasteiger partial charge in [0.05, 0.1) is 4.79 Å². The van der Waals surface area contributed by atoms with Crippen molar-refractivity contribution in [3.63, 3.8) is 0 Å².